The Balaban J connectivity index is 2.06. The first-order valence-electron chi connectivity index (χ1n) is 8.01. The Morgan fingerprint density at radius 3 is 2.72 bits per heavy atom. The van der Waals surface area contributed by atoms with Gasteiger partial charge in [-0.25, -0.2) is 4.39 Å². The summed E-state index contributed by atoms with van der Waals surface area (Å²) in [6.45, 7) is 1.25. The van der Waals surface area contributed by atoms with E-state index in [9.17, 15) is 14.0 Å². The lowest BCUT2D eigenvalue weighted by Crippen LogP contribution is -2.58. The summed E-state index contributed by atoms with van der Waals surface area (Å²) in [5.74, 6) is -0.561. The molecule has 2 rings (SSSR count). The molecule has 7 nitrogen and oxygen atoms in total. The zero-order valence-electron chi connectivity index (χ0n) is 14.2. The zero-order chi connectivity index (χ0) is 18.3. The molecule has 0 bridgehead atoms. The van der Waals surface area contributed by atoms with Crippen molar-refractivity contribution in [1.82, 2.24) is 4.90 Å². The minimum Gasteiger partial charge on any atom is -0.490 e. The van der Waals surface area contributed by atoms with Gasteiger partial charge in [0, 0.05) is 13.7 Å². The summed E-state index contributed by atoms with van der Waals surface area (Å²) in [4.78, 5) is 25.3. The highest BCUT2D eigenvalue weighted by Gasteiger charge is 2.40. The number of nitrogens with two attached hydrogens (primary N) is 1. The lowest BCUT2D eigenvalue weighted by Gasteiger charge is -2.42. The smallest absolute Gasteiger partial charge is 0.225 e. The van der Waals surface area contributed by atoms with E-state index in [1.165, 1.54) is 31.4 Å². The van der Waals surface area contributed by atoms with Gasteiger partial charge in [0.25, 0.3) is 0 Å². The Bertz CT molecular complexity index is 595. The molecule has 0 radical (unpaired) electrons. The molecule has 0 unspecified atom stereocenters. The Kier molecular flexibility index (Phi) is 6.72. The third-order valence-electron chi connectivity index (χ3n) is 3.93. The molecule has 1 fully saturated rings. The fraction of sp³-hybridized carbons (Fsp3) is 0.529. The van der Waals surface area contributed by atoms with Crippen molar-refractivity contribution in [3.05, 3.63) is 30.1 Å². The second-order valence-electron chi connectivity index (χ2n) is 5.98. The monoisotopic (exact) mass is 354 g/mol. The fourth-order valence-electron chi connectivity index (χ4n) is 2.71. The molecular formula is C17H23FN2O5. The van der Waals surface area contributed by atoms with Gasteiger partial charge in [0.05, 0.1) is 32.6 Å². The number of hydrogen-bond acceptors (Lipinski definition) is 5. The molecule has 138 valence electrons. The van der Waals surface area contributed by atoms with Crippen LogP contribution in [0.3, 0.4) is 0 Å². The first kappa shape index (κ1) is 19.1. The molecule has 1 aliphatic heterocycles. The number of nitrogens with zero attached hydrogens (tertiary/aromatic N) is 1. The largest absolute Gasteiger partial charge is 0.490 e. The van der Waals surface area contributed by atoms with E-state index in [-0.39, 0.29) is 44.3 Å². The average Bonchev–Trinajstić information content (AvgIpc) is 2.59. The first-order valence-corrected chi connectivity index (χ1v) is 8.01. The molecule has 0 aliphatic carbocycles. The summed E-state index contributed by atoms with van der Waals surface area (Å²) in [6, 6.07) is 5.52. The van der Waals surface area contributed by atoms with Crippen molar-refractivity contribution in [3.8, 4) is 5.75 Å². The summed E-state index contributed by atoms with van der Waals surface area (Å²) in [6.07, 6.45) is 0.171. The van der Waals surface area contributed by atoms with Crippen molar-refractivity contribution in [2.24, 2.45) is 5.73 Å². The number of morpholine rings is 1. The maximum absolute atomic E-state index is 13.0. The third-order valence-corrected chi connectivity index (χ3v) is 3.93. The number of benzene rings is 1. The van der Waals surface area contributed by atoms with Gasteiger partial charge in [0.1, 0.15) is 23.8 Å². The molecule has 0 saturated carbocycles. The second kappa shape index (κ2) is 8.77. The van der Waals surface area contributed by atoms with Crippen LogP contribution in [-0.4, -0.2) is 62.3 Å². The van der Waals surface area contributed by atoms with Crippen LogP contribution in [0.4, 0.5) is 4.39 Å². The number of halogens is 1. The van der Waals surface area contributed by atoms with E-state index in [4.69, 9.17) is 19.9 Å². The maximum atomic E-state index is 13.0. The number of carbonyl (C=O) groups is 2. The van der Waals surface area contributed by atoms with Gasteiger partial charge in [-0.1, -0.05) is 0 Å². The molecule has 25 heavy (non-hydrogen) atoms. The first-order chi connectivity index (χ1) is 11.9. The highest BCUT2D eigenvalue weighted by molar-refractivity contribution is 5.77. The molecule has 0 spiro atoms. The number of primary amides is 1. The van der Waals surface area contributed by atoms with Crippen molar-refractivity contribution in [3.63, 3.8) is 0 Å². The van der Waals surface area contributed by atoms with Crippen LogP contribution >= 0.6 is 0 Å². The average molecular weight is 354 g/mol. The van der Waals surface area contributed by atoms with Gasteiger partial charge in [0.15, 0.2) is 0 Å². The van der Waals surface area contributed by atoms with E-state index in [2.05, 4.69) is 0 Å². The van der Waals surface area contributed by atoms with E-state index in [1.54, 1.807) is 4.90 Å². The molecule has 2 amide bonds. The number of ether oxygens (including phenoxy) is 3. The van der Waals surface area contributed by atoms with Gasteiger partial charge in [0.2, 0.25) is 11.8 Å². The minimum absolute atomic E-state index is 0.0234. The molecule has 1 aromatic carbocycles. The van der Waals surface area contributed by atoms with Gasteiger partial charge in [-0.05, 0) is 24.3 Å². The molecule has 1 aromatic rings. The zero-order valence-corrected chi connectivity index (χ0v) is 14.2. The van der Waals surface area contributed by atoms with Crippen LogP contribution in [0.15, 0.2) is 24.3 Å². The number of methoxy groups -OCH3 is 1. The third kappa shape index (κ3) is 5.68. The molecule has 8 heteroatoms. The topological polar surface area (TPSA) is 91.1 Å². The van der Waals surface area contributed by atoms with Crippen LogP contribution < -0.4 is 10.5 Å². The number of carbonyl (C=O) groups excluding carboxylic acids is 2. The Hall–Kier alpha value is -2.19. The number of amides is 2. The van der Waals surface area contributed by atoms with E-state index in [1.807, 2.05) is 0 Å². The van der Waals surface area contributed by atoms with Crippen molar-refractivity contribution < 1.29 is 28.2 Å². The molecule has 0 aromatic heterocycles. The fourth-order valence-corrected chi connectivity index (χ4v) is 2.71. The molecule has 1 saturated heterocycles. The molecule has 1 aliphatic rings. The van der Waals surface area contributed by atoms with E-state index in [0.29, 0.717) is 18.9 Å². The summed E-state index contributed by atoms with van der Waals surface area (Å²) in [5.41, 5.74) is 4.32. The lowest BCUT2D eigenvalue weighted by atomic mass is 9.97. The molecule has 2 N–H and O–H groups in total. The quantitative estimate of drug-likeness (QED) is 0.743. The van der Waals surface area contributed by atoms with Crippen LogP contribution in [0, 0.1) is 5.82 Å². The molecular weight excluding hydrogens is 331 g/mol. The van der Waals surface area contributed by atoms with Gasteiger partial charge in [-0.3, -0.25) is 9.59 Å². The van der Waals surface area contributed by atoms with E-state index >= 15 is 0 Å². The molecule has 1 atom stereocenters. The highest BCUT2D eigenvalue weighted by atomic mass is 19.1. The Morgan fingerprint density at radius 1 is 1.36 bits per heavy atom. The minimum atomic E-state index is -1.03. The van der Waals surface area contributed by atoms with Crippen molar-refractivity contribution in [2.75, 3.05) is 40.0 Å². The van der Waals surface area contributed by atoms with Crippen LogP contribution in [0.25, 0.3) is 0 Å². The van der Waals surface area contributed by atoms with Crippen LogP contribution in [0.1, 0.15) is 12.8 Å². The number of rotatable bonds is 8. The Labute approximate surface area is 145 Å². The Morgan fingerprint density at radius 2 is 2.08 bits per heavy atom. The SMILES string of the molecule is COCCC(=O)N1CCO[C@@](COc2ccc(F)cc2)(CC(N)=O)C1. The van der Waals surface area contributed by atoms with Crippen molar-refractivity contribution in [2.45, 2.75) is 18.4 Å². The van der Waals surface area contributed by atoms with Gasteiger partial charge in [-0.2, -0.15) is 0 Å². The lowest BCUT2D eigenvalue weighted by molar-refractivity contribution is -0.162. The predicted octanol–water partition coefficient (Wildman–Crippen LogP) is 0.714. The van der Waals surface area contributed by atoms with E-state index < -0.39 is 11.5 Å². The van der Waals surface area contributed by atoms with Crippen LogP contribution in [-0.2, 0) is 19.1 Å². The standard InChI is InChI=1S/C17H23FN2O5/c1-23-8-6-16(22)20-7-9-25-17(11-20,10-15(19)21)12-24-14-4-2-13(18)3-5-14/h2-5H,6-12H2,1H3,(H2,19,21)/t17-/m0/s1. The second-order valence-corrected chi connectivity index (χ2v) is 5.98. The summed E-state index contributed by atoms with van der Waals surface area (Å²) in [5, 5.41) is 0. The van der Waals surface area contributed by atoms with Crippen molar-refractivity contribution >= 4 is 11.8 Å². The van der Waals surface area contributed by atoms with Gasteiger partial charge >= 0.3 is 0 Å². The van der Waals surface area contributed by atoms with E-state index in [0.717, 1.165) is 0 Å². The maximum Gasteiger partial charge on any atom is 0.225 e. The number of hydrogen-bond donors (Lipinski definition) is 1. The van der Waals surface area contributed by atoms with Crippen LogP contribution in [0.5, 0.6) is 5.75 Å². The van der Waals surface area contributed by atoms with Crippen molar-refractivity contribution in [1.29, 1.82) is 0 Å². The summed E-state index contributed by atoms with van der Waals surface area (Å²) >= 11 is 0. The molecule has 1 heterocycles. The summed E-state index contributed by atoms with van der Waals surface area (Å²) in [7, 11) is 1.53. The predicted molar refractivity (Wildman–Crippen MR) is 87.5 cm³/mol. The van der Waals surface area contributed by atoms with Gasteiger partial charge < -0.3 is 24.8 Å². The highest BCUT2D eigenvalue weighted by Crippen LogP contribution is 2.24. The van der Waals surface area contributed by atoms with Gasteiger partial charge in [-0.15, -0.1) is 0 Å². The summed E-state index contributed by atoms with van der Waals surface area (Å²) < 4.78 is 29.3. The normalized spacial score (nSPS) is 20.3. The van der Waals surface area contributed by atoms with Crippen LogP contribution in [0.2, 0.25) is 0 Å².